The Bertz CT molecular complexity index is 413. The van der Waals surface area contributed by atoms with Crippen molar-refractivity contribution in [2.75, 3.05) is 7.11 Å². The van der Waals surface area contributed by atoms with Crippen LogP contribution in [0.3, 0.4) is 0 Å². The van der Waals surface area contributed by atoms with E-state index in [1.807, 2.05) is 0 Å². The molecule has 0 saturated heterocycles. The smallest absolute Gasteiger partial charge is 0.0958 e. The maximum absolute atomic E-state index is 5.22. The molecule has 0 unspecified atom stereocenters. The minimum atomic E-state index is 1.01. The zero-order valence-corrected chi connectivity index (χ0v) is 9.29. The normalized spacial score (nSPS) is 15.6. The lowest BCUT2D eigenvalue weighted by molar-refractivity contribution is 0.277. The van der Waals surface area contributed by atoms with Gasteiger partial charge in [-0.15, -0.1) is 0 Å². The van der Waals surface area contributed by atoms with Gasteiger partial charge in [0.25, 0.3) is 0 Å². The molecule has 0 bridgehead atoms. The van der Waals surface area contributed by atoms with Crippen molar-refractivity contribution in [1.82, 2.24) is 0 Å². The molecule has 0 atom stereocenters. The summed E-state index contributed by atoms with van der Waals surface area (Å²) in [6.45, 7) is 2.16. The summed E-state index contributed by atoms with van der Waals surface area (Å²) in [5.41, 5.74) is 4.12. The first kappa shape index (κ1) is 10.0. The van der Waals surface area contributed by atoms with Gasteiger partial charge in [-0.2, -0.15) is 0 Å². The number of hydrogen-bond donors (Lipinski definition) is 0. The van der Waals surface area contributed by atoms with E-state index in [0.717, 1.165) is 18.6 Å². The Morgan fingerprint density at radius 3 is 2.47 bits per heavy atom. The van der Waals surface area contributed by atoms with Crippen LogP contribution in [0.1, 0.15) is 24.0 Å². The Labute approximate surface area is 91.1 Å². The fraction of sp³-hybridized carbons (Fsp3) is 0.286. The van der Waals surface area contributed by atoms with E-state index in [2.05, 4.69) is 43.3 Å². The highest BCUT2D eigenvalue weighted by atomic mass is 16.5. The fourth-order valence-electron chi connectivity index (χ4n) is 1.95. The summed E-state index contributed by atoms with van der Waals surface area (Å²) in [5, 5.41) is 0. The van der Waals surface area contributed by atoms with Crippen LogP contribution in [0.15, 0.2) is 42.2 Å². The minimum Gasteiger partial charge on any atom is -0.501 e. The lowest BCUT2D eigenvalue weighted by atomic mass is 9.93. The van der Waals surface area contributed by atoms with Crippen LogP contribution in [-0.4, -0.2) is 7.11 Å². The van der Waals surface area contributed by atoms with Crippen molar-refractivity contribution in [3.8, 4) is 0 Å². The van der Waals surface area contributed by atoms with Crippen LogP contribution in [0.4, 0.5) is 0 Å². The highest BCUT2D eigenvalue weighted by Gasteiger charge is 2.09. The molecule has 0 saturated carbocycles. The molecule has 1 heteroatoms. The quantitative estimate of drug-likeness (QED) is 0.707. The average Bonchev–Trinajstić information content (AvgIpc) is 2.30. The molecule has 1 aliphatic carbocycles. The van der Waals surface area contributed by atoms with Crippen LogP contribution >= 0.6 is 0 Å². The van der Waals surface area contributed by atoms with Crippen molar-refractivity contribution in [3.63, 3.8) is 0 Å². The molecule has 2 rings (SSSR count). The monoisotopic (exact) mass is 200 g/mol. The number of aryl methyl sites for hydroxylation is 1. The van der Waals surface area contributed by atoms with Crippen LogP contribution in [0.5, 0.6) is 0 Å². The third-order valence-electron chi connectivity index (χ3n) is 2.86. The van der Waals surface area contributed by atoms with E-state index >= 15 is 0 Å². The second kappa shape index (κ2) is 4.35. The van der Waals surface area contributed by atoms with Crippen molar-refractivity contribution in [1.29, 1.82) is 0 Å². The zero-order valence-electron chi connectivity index (χ0n) is 9.29. The maximum atomic E-state index is 5.22. The molecule has 0 heterocycles. The topological polar surface area (TPSA) is 9.23 Å². The average molecular weight is 200 g/mol. The SMILES string of the molecule is COC1=CC=C(c2ccccc2C)CC1. The Morgan fingerprint density at radius 1 is 1.07 bits per heavy atom. The molecular formula is C14H16O. The van der Waals surface area contributed by atoms with Crippen molar-refractivity contribution >= 4 is 5.57 Å². The number of allylic oxidation sites excluding steroid dienone is 4. The Balaban J connectivity index is 2.30. The Hall–Kier alpha value is -1.50. The summed E-state index contributed by atoms with van der Waals surface area (Å²) >= 11 is 0. The molecule has 1 aromatic rings. The van der Waals surface area contributed by atoms with Gasteiger partial charge in [-0.05, 0) is 36.1 Å². The van der Waals surface area contributed by atoms with Crippen molar-refractivity contribution in [2.24, 2.45) is 0 Å². The highest BCUT2D eigenvalue weighted by molar-refractivity contribution is 5.70. The molecule has 0 amide bonds. The first-order valence-electron chi connectivity index (χ1n) is 5.31. The number of hydrogen-bond acceptors (Lipinski definition) is 1. The van der Waals surface area contributed by atoms with Gasteiger partial charge < -0.3 is 4.74 Å². The summed E-state index contributed by atoms with van der Waals surface area (Å²) in [7, 11) is 1.73. The van der Waals surface area contributed by atoms with Gasteiger partial charge in [0.1, 0.15) is 0 Å². The van der Waals surface area contributed by atoms with Crippen LogP contribution < -0.4 is 0 Å². The number of benzene rings is 1. The molecule has 1 nitrogen and oxygen atoms in total. The number of ether oxygens (including phenoxy) is 1. The molecule has 0 spiro atoms. The van der Waals surface area contributed by atoms with Gasteiger partial charge in [-0.3, -0.25) is 0 Å². The van der Waals surface area contributed by atoms with Crippen LogP contribution in [0.25, 0.3) is 5.57 Å². The Morgan fingerprint density at radius 2 is 1.87 bits per heavy atom. The number of methoxy groups -OCH3 is 1. The highest BCUT2D eigenvalue weighted by Crippen LogP contribution is 2.28. The molecule has 0 aliphatic heterocycles. The van der Waals surface area contributed by atoms with Gasteiger partial charge in [0.15, 0.2) is 0 Å². The van der Waals surface area contributed by atoms with E-state index in [4.69, 9.17) is 4.74 Å². The van der Waals surface area contributed by atoms with E-state index in [1.165, 1.54) is 16.7 Å². The molecule has 78 valence electrons. The van der Waals surface area contributed by atoms with Gasteiger partial charge >= 0.3 is 0 Å². The second-order valence-electron chi connectivity index (χ2n) is 3.84. The third kappa shape index (κ3) is 2.12. The first-order valence-corrected chi connectivity index (χ1v) is 5.31. The zero-order chi connectivity index (χ0) is 10.7. The lowest BCUT2D eigenvalue weighted by Gasteiger charge is -2.15. The van der Waals surface area contributed by atoms with Crippen molar-refractivity contribution in [2.45, 2.75) is 19.8 Å². The summed E-state index contributed by atoms with van der Waals surface area (Å²) < 4.78 is 5.22. The molecule has 0 radical (unpaired) electrons. The van der Waals surface area contributed by atoms with Gasteiger partial charge in [0.05, 0.1) is 12.9 Å². The van der Waals surface area contributed by atoms with Gasteiger partial charge in [0, 0.05) is 6.42 Å². The molecular weight excluding hydrogens is 184 g/mol. The molecule has 0 fully saturated rings. The largest absolute Gasteiger partial charge is 0.501 e. The fourth-order valence-corrected chi connectivity index (χ4v) is 1.95. The predicted octanol–water partition coefficient (Wildman–Crippen LogP) is 3.70. The summed E-state index contributed by atoms with van der Waals surface area (Å²) in [6, 6.07) is 8.52. The second-order valence-corrected chi connectivity index (χ2v) is 3.84. The minimum absolute atomic E-state index is 1.01. The number of rotatable bonds is 2. The van der Waals surface area contributed by atoms with Crippen LogP contribution in [0.2, 0.25) is 0 Å². The summed E-state index contributed by atoms with van der Waals surface area (Å²) in [4.78, 5) is 0. The van der Waals surface area contributed by atoms with Crippen LogP contribution in [-0.2, 0) is 4.74 Å². The van der Waals surface area contributed by atoms with E-state index in [0.29, 0.717) is 0 Å². The Kier molecular flexibility index (Phi) is 2.91. The van der Waals surface area contributed by atoms with Crippen LogP contribution in [0, 0.1) is 6.92 Å². The predicted molar refractivity (Wildman–Crippen MR) is 63.5 cm³/mol. The van der Waals surface area contributed by atoms with Gasteiger partial charge in [-0.25, -0.2) is 0 Å². The standard InChI is InChI=1S/C14H16O/c1-11-5-3-4-6-14(11)12-7-9-13(15-2)10-8-12/h3-7,9H,8,10H2,1-2H3. The van der Waals surface area contributed by atoms with Gasteiger partial charge in [-0.1, -0.05) is 30.3 Å². The molecule has 0 aromatic heterocycles. The van der Waals surface area contributed by atoms with E-state index in [-0.39, 0.29) is 0 Å². The van der Waals surface area contributed by atoms with E-state index < -0.39 is 0 Å². The van der Waals surface area contributed by atoms with Crippen molar-refractivity contribution < 1.29 is 4.74 Å². The van der Waals surface area contributed by atoms with Gasteiger partial charge in [0.2, 0.25) is 0 Å². The van der Waals surface area contributed by atoms with E-state index in [9.17, 15) is 0 Å². The molecule has 0 N–H and O–H groups in total. The molecule has 15 heavy (non-hydrogen) atoms. The molecule has 1 aliphatic rings. The van der Waals surface area contributed by atoms with Crippen molar-refractivity contribution in [3.05, 3.63) is 53.3 Å². The lowest BCUT2D eigenvalue weighted by Crippen LogP contribution is -1.96. The maximum Gasteiger partial charge on any atom is 0.0958 e. The van der Waals surface area contributed by atoms with E-state index in [1.54, 1.807) is 7.11 Å². The first-order chi connectivity index (χ1) is 7.31. The third-order valence-corrected chi connectivity index (χ3v) is 2.86. The molecule has 1 aromatic carbocycles. The summed E-state index contributed by atoms with van der Waals surface area (Å²) in [6.07, 6.45) is 6.33. The summed E-state index contributed by atoms with van der Waals surface area (Å²) in [5.74, 6) is 1.08.